The van der Waals surface area contributed by atoms with Gasteiger partial charge in [0.2, 0.25) is 0 Å². The van der Waals surface area contributed by atoms with Crippen molar-refractivity contribution in [2.75, 3.05) is 0 Å². The molecule has 0 fully saturated rings. The molecule has 17 heavy (non-hydrogen) atoms. The molecule has 92 valence electrons. The minimum atomic E-state index is -0.339. The molecule has 0 bridgehead atoms. The number of amides is 1. The standard InChI is InChI=1S/C13H18N2O2/c1-3-4-7-10(2)14-15-13(17)11-8-5-6-9-12(11)16/h3,5-6,8-10,14,16H,1,4,7H2,2H3,(H,15,17). The average molecular weight is 234 g/mol. The third-order valence-electron chi connectivity index (χ3n) is 2.38. The van der Waals surface area contributed by atoms with Crippen molar-refractivity contribution < 1.29 is 9.90 Å². The van der Waals surface area contributed by atoms with Crippen LogP contribution in [0.5, 0.6) is 5.75 Å². The van der Waals surface area contributed by atoms with Gasteiger partial charge in [-0.05, 0) is 31.9 Å². The summed E-state index contributed by atoms with van der Waals surface area (Å²) >= 11 is 0. The maximum atomic E-state index is 11.7. The van der Waals surface area contributed by atoms with Crippen LogP contribution in [-0.2, 0) is 0 Å². The Labute approximate surface area is 101 Å². The number of benzene rings is 1. The van der Waals surface area contributed by atoms with E-state index in [4.69, 9.17) is 0 Å². The van der Waals surface area contributed by atoms with E-state index in [1.165, 1.54) is 6.07 Å². The monoisotopic (exact) mass is 234 g/mol. The fourth-order valence-corrected chi connectivity index (χ4v) is 1.36. The molecular formula is C13H18N2O2. The molecule has 0 aromatic heterocycles. The van der Waals surface area contributed by atoms with Crippen molar-refractivity contribution >= 4 is 5.91 Å². The molecule has 0 aliphatic carbocycles. The van der Waals surface area contributed by atoms with Gasteiger partial charge in [0.05, 0.1) is 5.56 Å². The van der Waals surface area contributed by atoms with Crippen molar-refractivity contribution in [2.45, 2.75) is 25.8 Å². The molecule has 3 N–H and O–H groups in total. The maximum Gasteiger partial charge on any atom is 0.269 e. The number of carbonyl (C=O) groups excluding carboxylic acids is 1. The molecule has 0 saturated heterocycles. The normalized spacial score (nSPS) is 11.8. The summed E-state index contributed by atoms with van der Waals surface area (Å²) in [5.74, 6) is -0.362. The molecule has 1 unspecified atom stereocenters. The molecule has 1 aromatic carbocycles. The molecule has 1 atom stereocenters. The van der Waals surface area contributed by atoms with Crippen molar-refractivity contribution in [1.82, 2.24) is 10.9 Å². The molecule has 1 amide bonds. The molecule has 0 radical (unpaired) electrons. The molecule has 0 spiro atoms. The quantitative estimate of drug-likeness (QED) is 0.521. The molecule has 1 aromatic rings. The number of carbonyl (C=O) groups is 1. The van der Waals surface area contributed by atoms with E-state index in [1.54, 1.807) is 18.2 Å². The summed E-state index contributed by atoms with van der Waals surface area (Å²) < 4.78 is 0. The lowest BCUT2D eigenvalue weighted by Crippen LogP contribution is -2.42. The third kappa shape index (κ3) is 4.28. The summed E-state index contributed by atoms with van der Waals surface area (Å²) in [6.07, 6.45) is 3.62. The van der Waals surface area contributed by atoms with Gasteiger partial charge in [-0.25, -0.2) is 5.43 Å². The van der Waals surface area contributed by atoms with Crippen LogP contribution < -0.4 is 10.9 Å². The highest BCUT2D eigenvalue weighted by molar-refractivity contribution is 5.96. The summed E-state index contributed by atoms with van der Waals surface area (Å²) in [6.45, 7) is 5.61. The van der Waals surface area contributed by atoms with E-state index in [9.17, 15) is 9.90 Å². The summed E-state index contributed by atoms with van der Waals surface area (Å²) in [7, 11) is 0. The van der Waals surface area contributed by atoms with Gasteiger partial charge in [-0.1, -0.05) is 18.2 Å². The second-order valence-electron chi connectivity index (χ2n) is 3.88. The lowest BCUT2D eigenvalue weighted by Gasteiger charge is -2.14. The van der Waals surface area contributed by atoms with E-state index in [1.807, 2.05) is 13.0 Å². The largest absolute Gasteiger partial charge is 0.507 e. The van der Waals surface area contributed by atoms with E-state index in [0.717, 1.165) is 12.8 Å². The van der Waals surface area contributed by atoms with Crippen LogP contribution in [-0.4, -0.2) is 17.1 Å². The number of hydrazine groups is 1. The predicted octanol–water partition coefficient (Wildman–Crippen LogP) is 1.98. The highest BCUT2D eigenvalue weighted by Crippen LogP contribution is 2.14. The smallest absolute Gasteiger partial charge is 0.269 e. The van der Waals surface area contributed by atoms with E-state index < -0.39 is 0 Å². The fraction of sp³-hybridized carbons (Fsp3) is 0.308. The van der Waals surface area contributed by atoms with Gasteiger partial charge in [0.15, 0.2) is 0 Å². The zero-order chi connectivity index (χ0) is 12.7. The van der Waals surface area contributed by atoms with Crippen LogP contribution >= 0.6 is 0 Å². The first-order valence-electron chi connectivity index (χ1n) is 5.60. The number of allylic oxidation sites excluding steroid dienone is 1. The van der Waals surface area contributed by atoms with Gasteiger partial charge in [-0.3, -0.25) is 10.2 Å². The summed E-state index contributed by atoms with van der Waals surface area (Å²) in [5.41, 5.74) is 5.71. The number of hydrogen-bond acceptors (Lipinski definition) is 3. The molecule has 0 heterocycles. The Hall–Kier alpha value is -1.81. The minimum absolute atomic E-state index is 0.0226. The highest BCUT2D eigenvalue weighted by atomic mass is 16.3. The molecule has 4 heteroatoms. The molecule has 0 aliphatic heterocycles. The van der Waals surface area contributed by atoms with Gasteiger partial charge >= 0.3 is 0 Å². The molecule has 1 rings (SSSR count). The van der Waals surface area contributed by atoms with Crippen LogP contribution in [0.3, 0.4) is 0 Å². The van der Waals surface area contributed by atoms with Crippen molar-refractivity contribution in [3.63, 3.8) is 0 Å². The second kappa shape index (κ2) is 6.70. The van der Waals surface area contributed by atoms with Crippen LogP contribution in [0.25, 0.3) is 0 Å². The average Bonchev–Trinajstić information content (AvgIpc) is 2.34. The minimum Gasteiger partial charge on any atom is -0.507 e. The van der Waals surface area contributed by atoms with E-state index in [2.05, 4.69) is 17.4 Å². The van der Waals surface area contributed by atoms with Gasteiger partial charge in [0.1, 0.15) is 5.75 Å². The summed E-state index contributed by atoms with van der Waals surface area (Å²) in [4.78, 5) is 11.7. The first-order valence-corrected chi connectivity index (χ1v) is 5.60. The predicted molar refractivity (Wildman–Crippen MR) is 67.6 cm³/mol. The van der Waals surface area contributed by atoms with Gasteiger partial charge < -0.3 is 5.11 Å². The van der Waals surface area contributed by atoms with Crippen LogP contribution in [0.1, 0.15) is 30.1 Å². The van der Waals surface area contributed by atoms with Crippen molar-refractivity contribution in [3.8, 4) is 5.75 Å². The number of phenols is 1. The van der Waals surface area contributed by atoms with Gasteiger partial charge in [0.25, 0.3) is 5.91 Å². The highest BCUT2D eigenvalue weighted by Gasteiger charge is 2.10. The first-order chi connectivity index (χ1) is 8.15. The third-order valence-corrected chi connectivity index (χ3v) is 2.38. The van der Waals surface area contributed by atoms with E-state index in [-0.39, 0.29) is 23.3 Å². The van der Waals surface area contributed by atoms with Gasteiger partial charge in [0, 0.05) is 6.04 Å². The lowest BCUT2D eigenvalue weighted by molar-refractivity contribution is 0.0923. The van der Waals surface area contributed by atoms with Crippen LogP contribution in [0, 0.1) is 0 Å². The fourth-order valence-electron chi connectivity index (χ4n) is 1.36. The van der Waals surface area contributed by atoms with Crippen molar-refractivity contribution in [2.24, 2.45) is 0 Å². The topological polar surface area (TPSA) is 61.4 Å². The first kappa shape index (κ1) is 13.3. The Balaban J connectivity index is 2.45. The van der Waals surface area contributed by atoms with Crippen LogP contribution in [0.4, 0.5) is 0 Å². The zero-order valence-electron chi connectivity index (χ0n) is 9.94. The molecular weight excluding hydrogens is 216 g/mol. The van der Waals surface area contributed by atoms with Crippen LogP contribution in [0.2, 0.25) is 0 Å². The number of para-hydroxylation sites is 1. The van der Waals surface area contributed by atoms with Crippen molar-refractivity contribution in [3.05, 3.63) is 42.5 Å². The Kier molecular flexibility index (Phi) is 5.23. The van der Waals surface area contributed by atoms with E-state index >= 15 is 0 Å². The Bertz CT molecular complexity index is 391. The van der Waals surface area contributed by atoms with Crippen LogP contribution in [0.15, 0.2) is 36.9 Å². The number of phenolic OH excluding ortho intramolecular Hbond substituents is 1. The van der Waals surface area contributed by atoms with E-state index in [0.29, 0.717) is 0 Å². The Morgan fingerprint density at radius 1 is 1.53 bits per heavy atom. The summed E-state index contributed by atoms with van der Waals surface area (Å²) in [6, 6.07) is 6.58. The number of aromatic hydroxyl groups is 1. The van der Waals surface area contributed by atoms with Gasteiger partial charge in [-0.2, -0.15) is 0 Å². The molecule has 0 aliphatic rings. The zero-order valence-corrected chi connectivity index (χ0v) is 9.94. The molecule has 0 saturated carbocycles. The summed E-state index contributed by atoms with van der Waals surface area (Å²) in [5, 5.41) is 9.49. The SMILES string of the molecule is C=CCCC(C)NNC(=O)c1ccccc1O. The number of rotatable bonds is 6. The lowest BCUT2D eigenvalue weighted by atomic mass is 10.2. The maximum absolute atomic E-state index is 11.7. The number of hydrogen-bond donors (Lipinski definition) is 3. The Morgan fingerprint density at radius 3 is 2.88 bits per heavy atom. The van der Waals surface area contributed by atoms with Crippen molar-refractivity contribution in [1.29, 1.82) is 0 Å². The molecule has 4 nitrogen and oxygen atoms in total. The Morgan fingerprint density at radius 2 is 2.24 bits per heavy atom. The van der Waals surface area contributed by atoms with Gasteiger partial charge in [-0.15, -0.1) is 6.58 Å². The number of nitrogens with one attached hydrogen (secondary N) is 2. The second-order valence-corrected chi connectivity index (χ2v) is 3.88.